The van der Waals surface area contributed by atoms with Crippen molar-refractivity contribution in [3.05, 3.63) is 29.4 Å². The molecular weight excluding hydrogens is 212 g/mol. The third-order valence-electron chi connectivity index (χ3n) is 2.41. The molecule has 80 valence electrons. The van der Waals surface area contributed by atoms with Crippen LogP contribution in [-0.2, 0) is 6.54 Å². The third kappa shape index (κ3) is 1.80. The van der Waals surface area contributed by atoms with Crippen LogP contribution >= 0.6 is 11.6 Å². The molecule has 4 heteroatoms. The molecule has 2 rings (SSSR count). The zero-order chi connectivity index (χ0) is 10.8. The van der Waals surface area contributed by atoms with Crippen molar-refractivity contribution < 1.29 is 4.74 Å². The van der Waals surface area contributed by atoms with Crippen LogP contribution in [0.2, 0.25) is 5.15 Å². The Morgan fingerprint density at radius 3 is 2.87 bits per heavy atom. The lowest BCUT2D eigenvalue weighted by Crippen LogP contribution is -2.09. The van der Waals surface area contributed by atoms with Crippen LogP contribution in [0.1, 0.15) is 0 Å². The summed E-state index contributed by atoms with van der Waals surface area (Å²) < 4.78 is 7.15. The first-order valence-corrected chi connectivity index (χ1v) is 5.17. The van der Waals surface area contributed by atoms with Crippen molar-refractivity contribution in [2.45, 2.75) is 6.54 Å². The first-order chi connectivity index (χ1) is 7.26. The SMILES string of the molecule is COc1ccc2c(c1)cc(Cl)n2CCN. The molecule has 0 saturated carbocycles. The Kier molecular flexibility index (Phi) is 2.84. The lowest BCUT2D eigenvalue weighted by molar-refractivity contribution is 0.415. The molecule has 0 saturated heterocycles. The zero-order valence-corrected chi connectivity index (χ0v) is 9.29. The van der Waals surface area contributed by atoms with Crippen LogP contribution in [0.5, 0.6) is 5.75 Å². The molecule has 2 N–H and O–H groups in total. The van der Waals surface area contributed by atoms with Crippen molar-refractivity contribution >= 4 is 22.5 Å². The monoisotopic (exact) mass is 224 g/mol. The van der Waals surface area contributed by atoms with Crippen molar-refractivity contribution in [2.24, 2.45) is 5.73 Å². The number of aromatic nitrogens is 1. The molecule has 0 amide bonds. The molecule has 1 heterocycles. The number of fused-ring (bicyclic) bond motifs is 1. The number of benzene rings is 1. The number of ether oxygens (including phenoxy) is 1. The summed E-state index contributed by atoms with van der Waals surface area (Å²) in [4.78, 5) is 0. The number of methoxy groups -OCH3 is 1. The van der Waals surface area contributed by atoms with E-state index in [4.69, 9.17) is 22.1 Å². The molecule has 0 aliphatic rings. The Labute approximate surface area is 93.4 Å². The fourth-order valence-corrected chi connectivity index (χ4v) is 1.99. The predicted octanol–water partition coefficient (Wildman–Crippen LogP) is 2.26. The van der Waals surface area contributed by atoms with Gasteiger partial charge in [-0.05, 0) is 24.3 Å². The van der Waals surface area contributed by atoms with Gasteiger partial charge in [-0.15, -0.1) is 0 Å². The van der Waals surface area contributed by atoms with E-state index in [0.717, 1.165) is 23.2 Å². The molecule has 1 aromatic heterocycles. The van der Waals surface area contributed by atoms with Gasteiger partial charge in [-0.25, -0.2) is 0 Å². The molecule has 0 unspecified atom stereocenters. The minimum atomic E-state index is 0.579. The van der Waals surface area contributed by atoms with E-state index in [1.165, 1.54) is 0 Å². The van der Waals surface area contributed by atoms with E-state index in [-0.39, 0.29) is 0 Å². The number of hydrogen-bond donors (Lipinski definition) is 1. The number of rotatable bonds is 3. The van der Waals surface area contributed by atoms with Gasteiger partial charge in [-0.2, -0.15) is 0 Å². The van der Waals surface area contributed by atoms with Gasteiger partial charge in [0.15, 0.2) is 0 Å². The van der Waals surface area contributed by atoms with Gasteiger partial charge < -0.3 is 15.0 Å². The average Bonchev–Trinajstić information content (AvgIpc) is 2.55. The molecular formula is C11H13ClN2O. The third-order valence-corrected chi connectivity index (χ3v) is 2.72. The second kappa shape index (κ2) is 4.13. The Hall–Kier alpha value is -1.19. The zero-order valence-electron chi connectivity index (χ0n) is 8.53. The molecule has 0 fully saturated rings. The molecule has 0 bridgehead atoms. The first-order valence-electron chi connectivity index (χ1n) is 4.79. The molecule has 1 aromatic carbocycles. The molecule has 0 aliphatic heterocycles. The largest absolute Gasteiger partial charge is 0.497 e. The van der Waals surface area contributed by atoms with Crippen LogP contribution in [0.15, 0.2) is 24.3 Å². The summed E-state index contributed by atoms with van der Waals surface area (Å²) >= 11 is 6.11. The van der Waals surface area contributed by atoms with Crippen molar-refractivity contribution in [3.8, 4) is 5.75 Å². The van der Waals surface area contributed by atoms with E-state index in [9.17, 15) is 0 Å². The Morgan fingerprint density at radius 1 is 1.40 bits per heavy atom. The normalized spacial score (nSPS) is 10.9. The maximum absolute atomic E-state index is 6.11. The van der Waals surface area contributed by atoms with Gasteiger partial charge in [-0.3, -0.25) is 0 Å². The summed E-state index contributed by atoms with van der Waals surface area (Å²) in [5.41, 5.74) is 6.62. The quantitative estimate of drug-likeness (QED) is 0.869. The van der Waals surface area contributed by atoms with E-state index in [1.54, 1.807) is 7.11 Å². The minimum Gasteiger partial charge on any atom is -0.497 e. The van der Waals surface area contributed by atoms with E-state index >= 15 is 0 Å². The fourth-order valence-electron chi connectivity index (χ4n) is 1.70. The van der Waals surface area contributed by atoms with E-state index < -0.39 is 0 Å². The first kappa shape index (κ1) is 10.3. The summed E-state index contributed by atoms with van der Waals surface area (Å²) in [5.74, 6) is 0.837. The van der Waals surface area contributed by atoms with Gasteiger partial charge >= 0.3 is 0 Å². The molecule has 15 heavy (non-hydrogen) atoms. The second-order valence-corrected chi connectivity index (χ2v) is 3.72. The van der Waals surface area contributed by atoms with Crippen molar-refractivity contribution in [1.82, 2.24) is 4.57 Å². The molecule has 0 aliphatic carbocycles. The molecule has 0 atom stereocenters. The highest BCUT2D eigenvalue weighted by atomic mass is 35.5. The van der Waals surface area contributed by atoms with E-state index in [0.29, 0.717) is 11.7 Å². The number of nitrogens with zero attached hydrogens (tertiary/aromatic N) is 1. The van der Waals surface area contributed by atoms with Crippen LogP contribution in [-0.4, -0.2) is 18.2 Å². The summed E-state index contributed by atoms with van der Waals surface area (Å²) in [5, 5.41) is 1.79. The summed E-state index contributed by atoms with van der Waals surface area (Å²) in [7, 11) is 1.65. The topological polar surface area (TPSA) is 40.2 Å². The smallest absolute Gasteiger partial charge is 0.119 e. The Bertz CT molecular complexity index is 479. The van der Waals surface area contributed by atoms with Crippen LogP contribution in [0, 0.1) is 0 Å². The van der Waals surface area contributed by atoms with E-state index in [1.807, 2.05) is 28.8 Å². The van der Waals surface area contributed by atoms with Gasteiger partial charge in [0.05, 0.1) is 7.11 Å². The highest BCUT2D eigenvalue weighted by Gasteiger charge is 2.06. The molecule has 3 nitrogen and oxygen atoms in total. The van der Waals surface area contributed by atoms with Crippen LogP contribution in [0.25, 0.3) is 10.9 Å². The highest BCUT2D eigenvalue weighted by Crippen LogP contribution is 2.26. The molecule has 2 aromatic rings. The fraction of sp³-hybridized carbons (Fsp3) is 0.273. The van der Waals surface area contributed by atoms with Gasteiger partial charge in [0.1, 0.15) is 10.9 Å². The predicted molar refractivity (Wildman–Crippen MR) is 62.6 cm³/mol. The van der Waals surface area contributed by atoms with Crippen LogP contribution < -0.4 is 10.5 Å². The minimum absolute atomic E-state index is 0.579. The maximum Gasteiger partial charge on any atom is 0.119 e. The summed E-state index contributed by atoms with van der Waals surface area (Å²) in [6.45, 7) is 1.31. The second-order valence-electron chi connectivity index (χ2n) is 3.33. The Balaban J connectivity index is 2.58. The van der Waals surface area contributed by atoms with Gasteiger partial charge in [0.2, 0.25) is 0 Å². The average molecular weight is 225 g/mol. The number of hydrogen-bond acceptors (Lipinski definition) is 2. The highest BCUT2D eigenvalue weighted by molar-refractivity contribution is 6.31. The van der Waals surface area contributed by atoms with Crippen LogP contribution in [0.4, 0.5) is 0 Å². The van der Waals surface area contributed by atoms with Crippen LogP contribution in [0.3, 0.4) is 0 Å². The lowest BCUT2D eigenvalue weighted by Gasteiger charge is -2.05. The number of halogens is 1. The van der Waals surface area contributed by atoms with Gasteiger partial charge in [-0.1, -0.05) is 11.6 Å². The standard InChI is InChI=1S/C11H13ClN2O/c1-15-9-2-3-10-8(6-9)7-11(12)14(10)5-4-13/h2-3,6-7H,4-5,13H2,1H3. The number of nitrogens with two attached hydrogens (primary N) is 1. The summed E-state index contributed by atoms with van der Waals surface area (Å²) in [6.07, 6.45) is 0. The van der Waals surface area contributed by atoms with Crippen molar-refractivity contribution in [1.29, 1.82) is 0 Å². The van der Waals surface area contributed by atoms with Gasteiger partial charge in [0.25, 0.3) is 0 Å². The maximum atomic E-state index is 6.11. The van der Waals surface area contributed by atoms with Crippen molar-refractivity contribution in [2.75, 3.05) is 13.7 Å². The van der Waals surface area contributed by atoms with Gasteiger partial charge in [0, 0.05) is 24.0 Å². The lowest BCUT2D eigenvalue weighted by atomic mass is 10.2. The molecule has 0 radical (unpaired) electrons. The Morgan fingerprint density at radius 2 is 2.20 bits per heavy atom. The molecule has 0 spiro atoms. The van der Waals surface area contributed by atoms with Crippen molar-refractivity contribution in [3.63, 3.8) is 0 Å². The van der Waals surface area contributed by atoms with E-state index in [2.05, 4.69) is 0 Å². The summed E-state index contributed by atoms with van der Waals surface area (Å²) in [6, 6.07) is 7.81.